The molecule has 5 rings (SSSR count). The van der Waals surface area contributed by atoms with Crippen molar-refractivity contribution < 1.29 is 19.0 Å². The minimum Gasteiger partial charge on any atom is -0.497 e. The molecule has 0 spiro atoms. The Morgan fingerprint density at radius 3 is 2.66 bits per heavy atom. The van der Waals surface area contributed by atoms with Crippen molar-refractivity contribution in [1.29, 1.82) is 0 Å². The van der Waals surface area contributed by atoms with E-state index in [9.17, 15) is 4.79 Å². The van der Waals surface area contributed by atoms with Crippen molar-refractivity contribution in [2.45, 2.75) is 12.5 Å². The third-order valence-electron chi connectivity index (χ3n) is 7.52. The van der Waals surface area contributed by atoms with E-state index in [2.05, 4.69) is 38.2 Å². The van der Waals surface area contributed by atoms with Gasteiger partial charge in [-0.25, -0.2) is 0 Å². The van der Waals surface area contributed by atoms with Gasteiger partial charge in [0.2, 0.25) is 5.91 Å². The predicted octanol–water partition coefficient (Wildman–Crippen LogP) is 2.02. The molecule has 2 aromatic carbocycles. The largest absolute Gasteiger partial charge is 0.497 e. The molecule has 3 heterocycles. The SMILES string of the molecule is COc1ccc2c(c1)N1CCN(c3ccccc3OC)C[C@H]1[C@H](C(=O)NCCN1CCOCC1)C2. The van der Waals surface area contributed by atoms with Gasteiger partial charge in [-0.3, -0.25) is 9.69 Å². The van der Waals surface area contributed by atoms with E-state index in [0.717, 1.165) is 76.1 Å². The Morgan fingerprint density at radius 2 is 1.86 bits per heavy atom. The van der Waals surface area contributed by atoms with Crippen LogP contribution in [0.1, 0.15) is 5.56 Å². The lowest BCUT2D eigenvalue weighted by Crippen LogP contribution is -2.61. The van der Waals surface area contributed by atoms with E-state index in [1.165, 1.54) is 11.3 Å². The number of morpholine rings is 1. The number of methoxy groups -OCH3 is 2. The zero-order chi connectivity index (χ0) is 24.2. The Kier molecular flexibility index (Phi) is 7.29. The van der Waals surface area contributed by atoms with Crippen LogP contribution < -0.4 is 24.6 Å². The monoisotopic (exact) mass is 480 g/mol. The lowest BCUT2D eigenvalue weighted by Gasteiger charge is -2.49. The molecule has 0 saturated carbocycles. The number of carbonyl (C=O) groups excluding carboxylic acids is 1. The second-order valence-corrected chi connectivity index (χ2v) is 9.43. The molecule has 0 unspecified atom stereocenters. The third-order valence-corrected chi connectivity index (χ3v) is 7.52. The van der Waals surface area contributed by atoms with Gasteiger partial charge >= 0.3 is 0 Å². The Balaban J connectivity index is 1.36. The van der Waals surface area contributed by atoms with E-state index in [4.69, 9.17) is 14.2 Å². The molecule has 35 heavy (non-hydrogen) atoms. The minimum atomic E-state index is -0.127. The van der Waals surface area contributed by atoms with E-state index >= 15 is 0 Å². The molecule has 8 heteroatoms. The van der Waals surface area contributed by atoms with Gasteiger partial charge in [0.15, 0.2) is 0 Å². The number of carbonyl (C=O) groups is 1. The molecule has 0 aliphatic carbocycles. The summed E-state index contributed by atoms with van der Waals surface area (Å²) in [7, 11) is 3.41. The van der Waals surface area contributed by atoms with Crippen LogP contribution in [0.15, 0.2) is 42.5 Å². The van der Waals surface area contributed by atoms with Crippen LogP contribution in [0.2, 0.25) is 0 Å². The molecule has 2 aromatic rings. The molecule has 1 N–H and O–H groups in total. The van der Waals surface area contributed by atoms with E-state index in [1.54, 1.807) is 14.2 Å². The van der Waals surface area contributed by atoms with Crippen molar-refractivity contribution in [3.63, 3.8) is 0 Å². The van der Waals surface area contributed by atoms with Crippen molar-refractivity contribution in [2.24, 2.45) is 5.92 Å². The highest BCUT2D eigenvalue weighted by molar-refractivity contribution is 5.82. The topological polar surface area (TPSA) is 66.5 Å². The molecule has 2 atom stereocenters. The molecular weight excluding hydrogens is 444 g/mol. The summed E-state index contributed by atoms with van der Waals surface area (Å²) in [6.07, 6.45) is 0.726. The average molecular weight is 481 g/mol. The van der Waals surface area contributed by atoms with Gasteiger partial charge in [-0.2, -0.15) is 0 Å². The van der Waals surface area contributed by atoms with Crippen LogP contribution in [0.5, 0.6) is 11.5 Å². The Morgan fingerprint density at radius 1 is 1.03 bits per heavy atom. The molecule has 0 bridgehead atoms. The summed E-state index contributed by atoms with van der Waals surface area (Å²) in [5.41, 5.74) is 3.48. The average Bonchev–Trinajstić information content (AvgIpc) is 2.92. The van der Waals surface area contributed by atoms with Crippen molar-refractivity contribution in [2.75, 3.05) is 83.0 Å². The van der Waals surface area contributed by atoms with Crippen LogP contribution in [0, 0.1) is 5.92 Å². The number of ether oxygens (including phenoxy) is 3. The molecule has 8 nitrogen and oxygen atoms in total. The van der Waals surface area contributed by atoms with Crippen molar-refractivity contribution in [1.82, 2.24) is 10.2 Å². The van der Waals surface area contributed by atoms with Gasteiger partial charge in [0, 0.05) is 57.6 Å². The van der Waals surface area contributed by atoms with Crippen LogP contribution in [-0.4, -0.2) is 90.1 Å². The fourth-order valence-electron chi connectivity index (χ4n) is 5.61. The number of anilines is 2. The second-order valence-electron chi connectivity index (χ2n) is 9.43. The molecule has 2 fully saturated rings. The summed E-state index contributed by atoms with van der Waals surface area (Å²) in [5, 5.41) is 3.25. The summed E-state index contributed by atoms with van der Waals surface area (Å²) in [5.74, 6) is 1.73. The first-order valence-corrected chi connectivity index (χ1v) is 12.6. The van der Waals surface area contributed by atoms with Gasteiger partial charge in [-0.15, -0.1) is 0 Å². The number of nitrogens with zero attached hydrogens (tertiary/aromatic N) is 3. The van der Waals surface area contributed by atoms with Gasteiger partial charge < -0.3 is 29.3 Å². The number of nitrogens with one attached hydrogen (secondary N) is 1. The van der Waals surface area contributed by atoms with Crippen LogP contribution in [0.4, 0.5) is 11.4 Å². The number of amides is 1. The summed E-state index contributed by atoms with van der Waals surface area (Å²) in [6.45, 7) is 7.37. The number of hydrogen-bond donors (Lipinski definition) is 1. The molecule has 0 radical (unpaired) electrons. The maximum Gasteiger partial charge on any atom is 0.225 e. The van der Waals surface area contributed by atoms with Gasteiger partial charge in [-0.1, -0.05) is 18.2 Å². The highest BCUT2D eigenvalue weighted by atomic mass is 16.5. The molecule has 188 valence electrons. The zero-order valence-electron chi connectivity index (χ0n) is 20.7. The summed E-state index contributed by atoms with van der Waals surface area (Å²) >= 11 is 0. The molecular formula is C27H36N4O4. The number of rotatable bonds is 7. The number of hydrogen-bond acceptors (Lipinski definition) is 7. The second kappa shape index (κ2) is 10.7. The summed E-state index contributed by atoms with van der Waals surface area (Å²) in [6, 6.07) is 14.4. The van der Waals surface area contributed by atoms with E-state index in [1.807, 2.05) is 24.3 Å². The van der Waals surface area contributed by atoms with E-state index in [0.29, 0.717) is 6.54 Å². The number of fused-ring (bicyclic) bond motifs is 3. The summed E-state index contributed by atoms with van der Waals surface area (Å²) < 4.78 is 16.6. The van der Waals surface area contributed by atoms with Crippen LogP contribution in [-0.2, 0) is 16.0 Å². The van der Waals surface area contributed by atoms with Crippen molar-refractivity contribution in [3.05, 3.63) is 48.0 Å². The van der Waals surface area contributed by atoms with E-state index in [-0.39, 0.29) is 17.9 Å². The lowest BCUT2D eigenvalue weighted by molar-refractivity contribution is -0.125. The summed E-state index contributed by atoms with van der Waals surface area (Å²) in [4.78, 5) is 20.7. The first-order valence-electron chi connectivity index (χ1n) is 12.6. The molecule has 2 saturated heterocycles. The maximum atomic E-state index is 13.5. The zero-order valence-corrected chi connectivity index (χ0v) is 20.7. The van der Waals surface area contributed by atoms with Gasteiger partial charge in [0.1, 0.15) is 11.5 Å². The Bertz CT molecular complexity index is 1030. The maximum absolute atomic E-state index is 13.5. The van der Waals surface area contributed by atoms with Gasteiger partial charge in [0.25, 0.3) is 0 Å². The Labute approximate surface area is 207 Å². The fraction of sp³-hybridized carbons (Fsp3) is 0.519. The molecule has 1 amide bonds. The quantitative estimate of drug-likeness (QED) is 0.651. The number of para-hydroxylation sites is 2. The van der Waals surface area contributed by atoms with Crippen molar-refractivity contribution in [3.8, 4) is 11.5 Å². The van der Waals surface area contributed by atoms with E-state index < -0.39 is 0 Å². The smallest absolute Gasteiger partial charge is 0.225 e. The van der Waals surface area contributed by atoms with Crippen LogP contribution in [0.25, 0.3) is 0 Å². The number of benzene rings is 2. The fourth-order valence-corrected chi connectivity index (χ4v) is 5.61. The lowest BCUT2D eigenvalue weighted by atomic mass is 9.83. The first-order chi connectivity index (χ1) is 17.2. The highest BCUT2D eigenvalue weighted by Crippen LogP contribution is 2.40. The third kappa shape index (κ3) is 5.04. The van der Waals surface area contributed by atoms with Crippen LogP contribution >= 0.6 is 0 Å². The highest BCUT2D eigenvalue weighted by Gasteiger charge is 2.42. The predicted molar refractivity (Wildman–Crippen MR) is 137 cm³/mol. The van der Waals surface area contributed by atoms with Gasteiger partial charge in [0.05, 0.1) is 45.1 Å². The number of piperazine rings is 1. The normalized spacial score (nSPS) is 22.2. The molecule has 3 aliphatic rings. The van der Waals surface area contributed by atoms with Crippen molar-refractivity contribution >= 4 is 17.3 Å². The first kappa shape index (κ1) is 23.8. The minimum absolute atomic E-state index is 0.0663. The molecule has 0 aromatic heterocycles. The molecule has 3 aliphatic heterocycles. The Hall–Kier alpha value is -2.97. The van der Waals surface area contributed by atoms with Crippen LogP contribution in [0.3, 0.4) is 0 Å². The van der Waals surface area contributed by atoms with Gasteiger partial charge in [-0.05, 0) is 30.2 Å². The standard InChI is InChI=1S/C27H36N4O4/c1-33-21-8-7-20-17-22(27(32)28-9-10-29-13-15-35-16-14-29)25-19-30(11-12-31(25)24(20)18-21)23-5-3-4-6-26(23)34-2/h3-8,18,22,25H,9-17,19H2,1-2H3,(H,28,32)/t22-,25+/m1/s1.